The number of esters is 1. The molecule has 2 atom stereocenters. The molecular weight excluding hydrogens is 959 g/mol. The van der Waals surface area contributed by atoms with Crippen LogP contribution in [0, 0.1) is 0 Å². The second-order valence-corrected chi connectivity index (χ2v) is 24.6. The summed E-state index contributed by atoms with van der Waals surface area (Å²) in [6, 6.07) is -0.538. The van der Waals surface area contributed by atoms with Crippen LogP contribution < -0.4 is 5.32 Å². The summed E-state index contributed by atoms with van der Waals surface area (Å²) in [6.45, 7) is 4.96. The van der Waals surface area contributed by atoms with E-state index in [2.05, 4.69) is 43.5 Å². The van der Waals surface area contributed by atoms with Gasteiger partial charge in [-0.3, -0.25) is 9.59 Å². The predicted molar refractivity (Wildman–Crippen MR) is 343 cm³/mol. The molecule has 0 aliphatic heterocycles. The number of carbonyl (C=O) groups is 2. The molecule has 462 valence electrons. The van der Waals surface area contributed by atoms with E-state index in [4.69, 9.17) is 4.74 Å². The quantitative estimate of drug-likeness (QED) is 0.0320. The first-order valence-electron chi connectivity index (χ1n) is 35.6. The second-order valence-electron chi connectivity index (χ2n) is 24.6. The SMILES string of the molecule is CCCCCC/C=C\C/C=C\CCCCCCCC(=O)OCCCCCCCCCCCCCCCCCCCCCCCCCCCCCCCCC(=O)NC(CO)C(O)CCCCCCCCCCCCCCCCC. The lowest BCUT2D eigenvalue weighted by Gasteiger charge is -2.22. The van der Waals surface area contributed by atoms with Crippen molar-refractivity contribution in [1.29, 1.82) is 0 Å². The van der Waals surface area contributed by atoms with Crippen LogP contribution in [0.15, 0.2) is 24.3 Å². The zero-order valence-electron chi connectivity index (χ0n) is 52.9. The Balaban J connectivity index is 3.32. The highest BCUT2D eigenvalue weighted by atomic mass is 16.5. The van der Waals surface area contributed by atoms with Crippen LogP contribution in [-0.4, -0.2) is 47.4 Å². The predicted octanol–water partition coefficient (Wildman–Crippen LogP) is 22.9. The summed E-state index contributed by atoms with van der Waals surface area (Å²) < 4.78 is 5.49. The maximum Gasteiger partial charge on any atom is 0.305 e. The van der Waals surface area contributed by atoms with Gasteiger partial charge in [-0.1, -0.05) is 353 Å². The minimum Gasteiger partial charge on any atom is -0.466 e. The summed E-state index contributed by atoms with van der Waals surface area (Å²) in [5.74, 6) is -0.0209. The van der Waals surface area contributed by atoms with Crippen molar-refractivity contribution in [3.63, 3.8) is 0 Å². The Labute approximate surface area is 488 Å². The van der Waals surface area contributed by atoms with E-state index in [0.717, 1.165) is 51.4 Å². The first-order valence-corrected chi connectivity index (χ1v) is 35.6. The van der Waals surface area contributed by atoms with Gasteiger partial charge in [0, 0.05) is 12.8 Å². The number of nitrogens with one attached hydrogen (secondary N) is 1. The molecule has 0 fully saturated rings. The summed E-state index contributed by atoms with van der Waals surface area (Å²) in [6.07, 6.45) is 85.2. The van der Waals surface area contributed by atoms with Gasteiger partial charge in [0.25, 0.3) is 0 Å². The molecule has 78 heavy (non-hydrogen) atoms. The summed E-state index contributed by atoms with van der Waals surface area (Å²) in [7, 11) is 0. The highest BCUT2D eigenvalue weighted by molar-refractivity contribution is 5.76. The average Bonchev–Trinajstić information content (AvgIpc) is 3.44. The number of hydrogen-bond donors (Lipinski definition) is 3. The van der Waals surface area contributed by atoms with Crippen molar-refractivity contribution in [1.82, 2.24) is 5.32 Å². The van der Waals surface area contributed by atoms with Crippen molar-refractivity contribution < 1.29 is 24.5 Å². The van der Waals surface area contributed by atoms with Crippen molar-refractivity contribution in [3.05, 3.63) is 24.3 Å². The van der Waals surface area contributed by atoms with Crippen LogP contribution in [0.4, 0.5) is 0 Å². The highest BCUT2D eigenvalue weighted by Crippen LogP contribution is 2.19. The summed E-state index contributed by atoms with van der Waals surface area (Å²) >= 11 is 0. The van der Waals surface area contributed by atoms with Gasteiger partial charge in [-0.2, -0.15) is 0 Å². The number of rotatable bonds is 67. The van der Waals surface area contributed by atoms with Crippen molar-refractivity contribution in [2.45, 2.75) is 411 Å². The van der Waals surface area contributed by atoms with Crippen molar-refractivity contribution in [2.75, 3.05) is 13.2 Å². The minimum atomic E-state index is -0.661. The van der Waals surface area contributed by atoms with Crippen LogP contribution in [0.1, 0.15) is 399 Å². The van der Waals surface area contributed by atoms with Crippen molar-refractivity contribution in [2.24, 2.45) is 0 Å². The van der Waals surface area contributed by atoms with Crippen LogP contribution in [0.25, 0.3) is 0 Å². The molecular formula is C72H139NO5. The Morgan fingerprint density at radius 1 is 0.359 bits per heavy atom. The third kappa shape index (κ3) is 63.5. The molecule has 0 radical (unpaired) electrons. The molecule has 0 aromatic rings. The van der Waals surface area contributed by atoms with Gasteiger partial charge in [-0.05, 0) is 57.8 Å². The number of ether oxygens (including phenoxy) is 1. The topological polar surface area (TPSA) is 95.9 Å². The number of allylic oxidation sites excluding steroid dienone is 4. The highest BCUT2D eigenvalue weighted by Gasteiger charge is 2.20. The molecule has 0 saturated carbocycles. The van der Waals surface area contributed by atoms with Gasteiger partial charge in [0.15, 0.2) is 0 Å². The van der Waals surface area contributed by atoms with Gasteiger partial charge in [0.2, 0.25) is 5.91 Å². The molecule has 3 N–H and O–H groups in total. The number of carbonyl (C=O) groups excluding carboxylic acids is 2. The largest absolute Gasteiger partial charge is 0.466 e. The van der Waals surface area contributed by atoms with Crippen LogP contribution in [-0.2, 0) is 14.3 Å². The molecule has 0 aromatic heterocycles. The number of aliphatic hydroxyl groups excluding tert-OH is 2. The number of hydrogen-bond acceptors (Lipinski definition) is 5. The molecule has 0 heterocycles. The van der Waals surface area contributed by atoms with Gasteiger partial charge >= 0.3 is 5.97 Å². The van der Waals surface area contributed by atoms with Gasteiger partial charge in [0.05, 0.1) is 25.4 Å². The fourth-order valence-corrected chi connectivity index (χ4v) is 11.3. The lowest BCUT2D eigenvalue weighted by molar-refractivity contribution is -0.143. The van der Waals surface area contributed by atoms with Crippen LogP contribution in [0.3, 0.4) is 0 Å². The Hall–Kier alpha value is -1.66. The van der Waals surface area contributed by atoms with E-state index in [-0.39, 0.29) is 18.5 Å². The lowest BCUT2D eigenvalue weighted by atomic mass is 10.0. The molecule has 0 saturated heterocycles. The summed E-state index contributed by atoms with van der Waals surface area (Å²) in [4.78, 5) is 24.6. The molecule has 0 bridgehead atoms. The first-order chi connectivity index (χ1) is 38.5. The molecule has 6 nitrogen and oxygen atoms in total. The van der Waals surface area contributed by atoms with Gasteiger partial charge < -0.3 is 20.3 Å². The van der Waals surface area contributed by atoms with E-state index in [0.29, 0.717) is 25.9 Å². The van der Waals surface area contributed by atoms with E-state index in [1.165, 1.54) is 315 Å². The molecule has 0 aliphatic carbocycles. The Kier molecular flexibility index (Phi) is 66.4. The van der Waals surface area contributed by atoms with E-state index in [1.54, 1.807) is 0 Å². The standard InChI is InChI=1S/C72H139NO5/c1-3-5-7-9-11-13-15-17-19-38-42-46-50-54-58-62-66-72(77)78-67-63-59-55-51-47-43-39-35-33-31-29-27-25-23-21-20-22-24-26-28-30-32-34-37-41-45-49-53-57-61-65-71(76)73-69(68-74)70(75)64-60-56-52-48-44-40-36-18-16-14-12-10-8-6-4-2/h13,15,19,38,69-70,74-75H,3-12,14,16-18,20-37,39-68H2,1-2H3,(H,73,76)/b15-13-,38-19-. The Bertz CT molecular complexity index is 1220. The minimum absolute atomic E-state index is 0.00724. The summed E-state index contributed by atoms with van der Waals surface area (Å²) in [5, 5.41) is 23.3. The van der Waals surface area contributed by atoms with E-state index in [9.17, 15) is 19.8 Å². The van der Waals surface area contributed by atoms with Gasteiger partial charge in [0.1, 0.15) is 0 Å². The van der Waals surface area contributed by atoms with Gasteiger partial charge in [-0.25, -0.2) is 0 Å². The number of amides is 1. The maximum atomic E-state index is 12.5. The fourth-order valence-electron chi connectivity index (χ4n) is 11.3. The van der Waals surface area contributed by atoms with Crippen LogP contribution in [0.2, 0.25) is 0 Å². The van der Waals surface area contributed by atoms with Crippen molar-refractivity contribution in [3.8, 4) is 0 Å². The number of unbranched alkanes of at least 4 members (excludes halogenated alkanes) is 52. The average molecular weight is 1100 g/mol. The maximum absolute atomic E-state index is 12.5. The molecule has 2 unspecified atom stereocenters. The fraction of sp³-hybridized carbons (Fsp3) is 0.917. The molecule has 0 aliphatic rings. The van der Waals surface area contributed by atoms with Crippen LogP contribution in [0.5, 0.6) is 0 Å². The third-order valence-electron chi connectivity index (χ3n) is 16.8. The molecule has 0 spiro atoms. The zero-order valence-corrected chi connectivity index (χ0v) is 52.9. The Morgan fingerprint density at radius 2 is 0.641 bits per heavy atom. The molecule has 6 heteroatoms. The zero-order chi connectivity index (χ0) is 56.4. The number of aliphatic hydroxyl groups is 2. The molecule has 0 aromatic carbocycles. The third-order valence-corrected chi connectivity index (χ3v) is 16.8. The van der Waals surface area contributed by atoms with E-state index in [1.807, 2.05) is 0 Å². The van der Waals surface area contributed by atoms with Gasteiger partial charge in [-0.15, -0.1) is 0 Å². The normalized spacial score (nSPS) is 12.6. The van der Waals surface area contributed by atoms with Crippen LogP contribution >= 0.6 is 0 Å². The van der Waals surface area contributed by atoms with E-state index >= 15 is 0 Å². The monoisotopic (exact) mass is 1100 g/mol. The first kappa shape index (κ1) is 76.3. The van der Waals surface area contributed by atoms with Crippen molar-refractivity contribution >= 4 is 11.9 Å². The Morgan fingerprint density at radius 3 is 0.987 bits per heavy atom. The lowest BCUT2D eigenvalue weighted by Crippen LogP contribution is -2.45. The smallest absolute Gasteiger partial charge is 0.305 e. The second kappa shape index (κ2) is 67.8. The summed E-state index contributed by atoms with van der Waals surface area (Å²) in [5.41, 5.74) is 0. The van der Waals surface area contributed by atoms with E-state index < -0.39 is 12.1 Å². The molecule has 1 amide bonds. The molecule has 0 rings (SSSR count).